The molecule has 1 aromatic heterocycles. The van der Waals surface area contributed by atoms with Gasteiger partial charge in [0.1, 0.15) is 12.3 Å². The number of anilines is 1. The summed E-state index contributed by atoms with van der Waals surface area (Å²) in [5, 5.41) is 9.80. The maximum atomic E-state index is 12.3. The monoisotopic (exact) mass is 390 g/mol. The van der Waals surface area contributed by atoms with Crippen molar-refractivity contribution in [2.45, 2.75) is 25.9 Å². The Balaban J connectivity index is 1.28. The van der Waals surface area contributed by atoms with Gasteiger partial charge in [-0.3, -0.25) is 14.3 Å². The Hall–Kier alpha value is -3.61. The topological polar surface area (TPSA) is 85.3 Å². The maximum absolute atomic E-state index is 12.3. The minimum atomic E-state index is -0.157. The van der Waals surface area contributed by atoms with Crippen molar-refractivity contribution in [3.05, 3.63) is 77.6 Å². The van der Waals surface area contributed by atoms with E-state index in [0.717, 1.165) is 28.9 Å². The van der Waals surface area contributed by atoms with Crippen molar-refractivity contribution in [1.29, 1.82) is 0 Å². The van der Waals surface area contributed by atoms with Crippen molar-refractivity contribution in [3.8, 4) is 5.75 Å². The molecular formula is C22H22N4O3. The van der Waals surface area contributed by atoms with E-state index < -0.39 is 0 Å². The number of hydrogen-bond donors (Lipinski definition) is 2. The molecule has 2 N–H and O–H groups in total. The number of aromatic nitrogens is 2. The first-order valence-electron chi connectivity index (χ1n) is 9.53. The van der Waals surface area contributed by atoms with Crippen LogP contribution in [0.1, 0.15) is 16.7 Å². The summed E-state index contributed by atoms with van der Waals surface area (Å²) in [7, 11) is 0. The van der Waals surface area contributed by atoms with E-state index in [2.05, 4.69) is 15.7 Å². The third kappa shape index (κ3) is 5.01. The Kier molecular flexibility index (Phi) is 5.56. The number of carbonyl (C=O) groups excluding carboxylic acids is 2. The maximum Gasteiger partial charge on any atom is 0.246 e. The molecule has 0 unspecified atom stereocenters. The van der Waals surface area contributed by atoms with Gasteiger partial charge in [-0.05, 0) is 41.0 Å². The molecule has 7 heteroatoms. The van der Waals surface area contributed by atoms with Crippen molar-refractivity contribution >= 4 is 17.5 Å². The third-order valence-electron chi connectivity index (χ3n) is 4.68. The second-order valence-electron chi connectivity index (χ2n) is 6.95. The van der Waals surface area contributed by atoms with Gasteiger partial charge < -0.3 is 15.4 Å². The number of nitrogens with one attached hydrogen (secondary N) is 2. The number of ether oxygens (including phenoxy) is 1. The van der Waals surface area contributed by atoms with Crippen LogP contribution in [0.5, 0.6) is 5.75 Å². The van der Waals surface area contributed by atoms with E-state index in [4.69, 9.17) is 4.74 Å². The molecule has 0 saturated heterocycles. The predicted molar refractivity (Wildman–Crippen MR) is 108 cm³/mol. The van der Waals surface area contributed by atoms with Gasteiger partial charge in [0.25, 0.3) is 0 Å². The number of benzene rings is 2. The highest BCUT2D eigenvalue weighted by Gasteiger charge is 2.13. The molecule has 2 aromatic carbocycles. The van der Waals surface area contributed by atoms with E-state index in [0.29, 0.717) is 25.3 Å². The smallest absolute Gasteiger partial charge is 0.246 e. The number of rotatable bonds is 7. The number of nitrogens with zero attached hydrogens (tertiary/aromatic N) is 2. The third-order valence-corrected chi connectivity index (χ3v) is 4.68. The van der Waals surface area contributed by atoms with Gasteiger partial charge in [0.2, 0.25) is 11.8 Å². The molecule has 0 fully saturated rings. The van der Waals surface area contributed by atoms with Crippen LogP contribution in [0, 0.1) is 0 Å². The molecule has 0 aliphatic carbocycles. The predicted octanol–water partition coefficient (Wildman–Crippen LogP) is 2.32. The average molecular weight is 390 g/mol. The van der Waals surface area contributed by atoms with Gasteiger partial charge >= 0.3 is 0 Å². The normalized spacial score (nSPS) is 12.1. The summed E-state index contributed by atoms with van der Waals surface area (Å²) < 4.78 is 7.06. The molecule has 0 saturated carbocycles. The zero-order valence-electron chi connectivity index (χ0n) is 15.9. The van der Waals surface area contributed by atoms with Gasteiger partial charge in [0.15, 0.2) is 0 Å². The Labute approximate surface area is 168 Å². The largest absolute Gasteiger partial charge is 0.493 e. The van der Waals surface area contributed by atoms with Gasteiger partial charge in [-0.2, -0.15) is 5.10 Å². The Morgan fingerprint density at radius 3 is 2.86 bits per heavy atom. The molecule has 2 amide bonds. The Morgan fingerprint density at radius 1 is 1.07 bits per heavy atom. The lowest BCUT2D eigenvalue weighted by atomic mass is 10.1. The van der Waals surface area contributed by atoms with Crippen LogP contribution in [-0.2, 0) is 35.5 Å². The van der Waals surface area contributed by atoms with Crippen molar-refractivity contribution < 1.29 is 14.3 Å². The summed E-state index contributed by atoms with van der Waals surface area (Å²) in [6.45, 7) is 1.26. The number of hydrogen-bond acceptors (Lipinski definition) is 4. The number of carbonyl (C=O) groups is 2. The summed E-state index contributed by atoms with van der Waals surface area (Å²) in [5.74, 6) is 0.716. The van der Waals surface area contributed by atoms with Crippen LogP contribution in [0.3, 0.4) is 0 Å². The van der Waals surface area contributed by atoms with Crippen LogP contribution < -0.4 is 15.4 Å². The van der Waals surface area contributed by atoms with Crippen molar-refractivity contribution in [1.82, 2.24) is 15.1 Å². The van der Waals surface area contributed by atoms with Crippen LogP contribution in [0.25, 0.3) is 0 Å². The molecule has 0 atom stereocenters. The highest BCUT2D eigenvalue weighted by molar-refractivity contribution is 5.90. The molecular weight excluding hydrogens is 368 g/mol. The van der Waals surface area contributed by atoms with Crippen LogP contribution in [0.4, 0.5) is 5.69 Å². The second kappa shape index (κ2) is 8.60. The van der Waals surface area contributed by atoms with Gasteiger partial charge in [0, 0.05) is 31.0 Å². The molecule has 0 radical (unpaired) electrons. The molecule has 7 nitrogen and oxygen atoms in total. The van der Waals surface area contributed by atoms with Gasteiger partial charge in [-0.15, -0.1) is 0 Å². The van der Waals surface area contributed by atoms with E-state index in [9.17, 15) is 9.59 Å². The fourth-order valence-electron chi connectivity index (χ4n) is 3.30. The summed E-state index contributed by atoms with van der Waals surface area (Å²) >= 11 is 0. The molecule has 4 rings (SSSR count). The summed E-state index contributed by atoms with van der Waals surface area (Å²) in [6, 6.07) is 15.1. The fraction of sp³-hybridized carbons (Fsp3) is 0.227. The lowest BCUT2D eigenvalue weighted by molar-refractivity contribution is -0.120. The van der Waals surface area contributed by atoms with Gasteiger partial charge in [-0.1, -0.05) is 24.3 Å². The van der Waals surface area contributed by atoms with Crippen LogP contribution in [-0.4, -0.2) is 28.2 Å². The lowest BCUT2D eigenvalue weighted by Crippen LogP contribution is -2.24. The quantitative estimate of drug-likeness (QED) is 0.648. The van der Waals surface area contributed by atoms with E-state index >= 15 is 0 Å². The van der Waals surface area contributed by atoms with E-state index in [-0.39, 0.29) is 18.4 Å². The summed E-state index contributed by atoms with van der Waals surface area (Å²) in [5.41, 5.74) is 3.74. The van der Waals surface area contributed by atoms with Crippen LogP contribution in [0.15, 0.2) is 60.9 Å². The highest BCUT2D eigenvalue weighted by atomic mass is 16.5. The van der Waals surface area contributed by atoms with Crippen molar-refractivity contribution in [2.75, 3.05) is 11.9 Å². The summed E-state index contributed by atoms with van der Waals surface area (Å²) in [6.07, 6.45) is 4.59. The number of fused-ring (bicyclic) bond motifs is 1. The summed E-state index contributed by atoms with van der Waals surface area (Å²) in [4.78, 5) is 24.4. The molecule has 3 aromatic rings. The molecule has 0 bridgehead atoms. The van der Waals surface area contributed by atoms with Crippen LogP contribution in [0.2, 0.25) is 0 Å². The minimum absolute atomic E-state index is 0.0445. The van der Waals surface area contributed by atoms with Gasteiger partial charge in [0.05, 0.1) is 13.0 Å². The van der Waals surface area contributed by atoms with Crippen LogP contribution >= 0.6 is 0 Å². The average Bonchev–Trinajstić information content (AvgIpc) is 3.38. The first-order chi connectivity index (χ1) is 14.2. The standard InChI is InChI=1S/C22H22N4O3/c27-21(13-16-5-6-20-18(11-16)7-10-29-20)23-14-17-3-1-4-19(12-17)25-22(28)15-26-9-2-8-24-26/h1-6,8-9,11-12H,7,10,13-15H2,(H,23,27)(H,25,28). The van der Waals surface area contributed by atoms with Crippen molar-refractivity contribution in [3.63, 3.8) is 0 Å². The number of amides is 2. The van der Waals surface area contributed by atoms with Gasteiger partial charge in [-0.25, -0.2) is 0 Å². The molecule has 29 heavy (non-hydrogen) atoms. The lowest BCUT2D eigenvalue weighted by Gasteiger charge is -2.09. The first kappa shape index (κ1) is 18.7. The SMILES string of the molecule is O=C(Cc1ccc2c(c1)CCO2)NCc1cccc(NC(=O)Cn2cccn2)c1. The second-order valence-corrected chi connectivity index (χ2v) is 6.95. The Morgan fingerprint density at radius 2 is 2.00 bits per heavy atom. The van der Waals surface area contributed by atoms with E-state index in [1.165, 1.54) is 0 Å². The zero-order chi connectivity index (χ0) is 20.1. The van der Waals surface area contributed by atoms with E-state index in [1.54, 1.807) is 23.1 Å². The Bertz CT molecular complexity index is 1010. The zero-order valence-corrected chi connectivity index (χ0v) is 15.9. The van der Waals surface area contributed by atoms with E-state index in [1.807, 2.05) is 42.5 Å². The molecule has 2 heterocycles. The molecule has 1 aliphatic rings. The molecule has 1 aliphatic heterocycles. The first-order valence-corrected chi connectivity index (χ1v) is 9.53. The molecule has 0 spiro atoms. The highest BCUT2D eigenvalue weighted by Crippen LogP contribution is 2.26. The minimum Gasteiger partial charge on any atom is -0.493 e. The fourth-order valence-corrected chi connectivity index (χ4v) is 3.30. The molecule has 148 valence electrons. The van der Waals surface area contributed by atoms with Crippen molar-refractivity contribution in [2.24, 2.45) is 0 Å².